The van der Waals surface area contributed by atoms with Crippen LogP contribution in [-0.2, 0) is 14.3 Å². The number of morpholine rings is 1. The molecule has 6 nitrogen and oxygen atoms in total. The molecule has 2 unspecified atom stereocenters. The van der Waals surface area contributed by atoms with Crippen molar-refractivity contribution in [3.8, 4) is 5.75 Å². The highest BCUT2D eigenvalue weighted by Gasteiger charge is 2.36. The molecule has 1 N–H and O–H groups in total. The van der Waals surface area contributed by atoms with Crippen LogP contribution in [0.1, 0.15) is 11.7 Å². The van der Waals surface area contributed by atoms with E-state index in [1.54, 1.807) is 48.5 Å². The zero-order valence-electron chi connectivity index (χ0n) is 12.9. The lowest BCUT2D eigenvalue weighted by molar-refractivity contribution is -0.148. The molecule has 1 heterocycles. The summed E-state index contributed by atoms with van der Waals surface area (Å²) in [6, 6.07) is 17.6. The number of hydrogen-bond donors (Lipinski definition) is 1. The van der Waals surface area contributed by atoms with Gasteiger partial charge in [-0.25, -0.2) is 4.79 Å². The number of nitrogens with one attached hydrogen (secondary N) is 1. The Labute approximate surface area is 139 Å². The van der Waals surface area contributed by atoms with Crippen molar-refractivity contribution in [2.75, 3.05) is 13.2 Å². The first-order valence-electron chi connectivity index (χ1n) is 7.62. The maximum Gasteiger partial charge on any atom is 0.514 e. The number of hydrogen-bond acceptors (Lipinski definition) is 5. The molecule has 6 heteroatoms. The molecule has 1 aliphatic rings. The summed E-state index contributed by atoms with van der Waals surface area (Å²) in [6.07, 6.45) is -2.69. The molecule has 0 aromatic heterocycles. The molecule has 2 aromatic rings. The quantitative estimate of drug-likeness (QED) is 0.690. The van der Waals surface area contributed by atoms with Crippen molar-refractivity contribution in [3.05, 3.63) is 66.2 Å². The van der Waals surface area contributed by atoms with Gasteiger partial charge in [0.1, 0.15) is 5.75 Å². The third-order valence-electron chi connectivity index (χ3n) is 3.53. The van der Waals surface area contributed by atoms with Crippen molar-refractivity contribution in [1.82, 2.24) is 5.32 Å². The van der Waals surface area contributed by atoms with Crippen LogP contribution >= 0.6 is 0 Å². The van der Waals surface area contributed by atoms with Crippen molar-refractivity contribution in [2.45, 2.75) is 12.2 Å². The molecule has 0 bridgehead atoms. The summed E-state index contributed by atoms with van der Waals surface area (Å²) in [4.78, 5) is 24.2. The van der Waals surface area contributed by atoms with E-state index in [0.29, 0.717) is 24.5 Å². The van der Waals surface area contributed by atoms with Crippen molar-refractivity contribution in [3.63, 3.8) is 0 Å². The zero-order chi connectivity index (χ0) is 16.8. The minimum atomic E-state index is -0.913. The van der Waals surface area contributed by atoms with Crippen LogP contribution in [0.25, 0.3) is 0 Å². The van der Waals surface area contributed by atoms with E-state index in [-0.39, 0.29) is 5.91 Å². The molecular formula is C18H17NO5. The first-order chi connectivity index (χ1) is 11.7. The average molecular weight is 327 g/mol. The predicted molar refractivity (Wildman–Crippen MR) is 85.5 cm³/mol. The van der Waals surface area contributed by atoms with E-state index >= 15 is 0 Å². The fourth-order valence-corrected chi connectivity index (χ4v) is 2.42. The van der Waals surface area contributed by atoms with Crippen LogP contribution in [0, 0.1) is 0 Å². The summed E-state index contributed by atoms with van der Waals surface area (Å²) in [5.41, 5.74) is 0.657. The van der Waals surface area contributed by atoms with Crippen molar-refractivity contribution < 1.29 is 23.8 Å². The predicted octanol–water partition coefficient (Wildman–Crippen LogP) is 2.46. The van der Waals surface area contributed by atoms with Gasteiger partial charge in [0.25, 0.3) is 5.91 Å². The Bertz CT molecular complexity index is 689. The molecule has 0 spiro atoms. The Morgan fingerprint density at radius 1 is 1.08 bits per heavy atom. The highest BCUT2D eigenvalue weighted by Crippen LogP contribution is 2.26. The summed E-state index contributed by atoms with van der Waals surface area (Å²) in [7, 11) is 0. The first kappa shape index (κ1) is 16.0. The normalized spacial score (nSPS) is 18.3. The Kier molecular flexibility index (Phi) is 5.08. The van der Waals surface area contributed by atoms with E-state index in [4.69, 9.17) is 14.2 Å². The Morgan fingerprint density at radius 2 is 1.75 bits per heavy atom. The number of benzene rings is 2. The van der Waals surface area contributed by atoms with Crippen LogP contribution in [0.5, 0.6) is 5.75 Å². The second-order valence-electron chi connectivity index (χ2n) is 5.20. The SMILES string of the molecule is O=C(Oc1ccccc1)OC(c1ccccc1)C1OCCNC1=O. The molecule has 1 aliphatic heterocycles. The Balaban J connectivity index is 1.77. The van der Waals surface area contributed by atoms with E-state index in [9.17, 15) is 9.59 Å². The van der Waals surface area contributed by atoms with Crippen LogP contribution in [0.2, 0.25) is 0 Å². The molecular weight excluding hydrogens is 310 g/mol. The third kappa shape index (κ3) is 3.91. The van der Waals surface area contributed by atoms with Gasteiger partial charge in [-0.3, -0.25) is 4.79 Å². The van der Waals surface area contributed by atoms with Crippen LogP contribution in [0.15, 0.2) is 60.7 Å². The number of carbonyl (C=O) groups is 2. The van der Waals surface area contributed by atoms with Gasteiger partial charge in [-0.05, 0) is 17.7 Å². The van der Waals surface area contributed by atoms with Gasteiger partial charge in [-0.1, -0.05) is 48.5 Å². The highest BCUT2D eigenvalue weighted by molar-refractivity contribution is 5.82. The van der Waals surface area contributed by atoms with Crippen molar-refractivity contribution in [2.24, 2.45) is 0 Å². The topological polar surface area (TPSA) is 73.9 Å². The molecule has 1 saturated heterocycles. The molecule has 2 atom stereocenters. The van der Waals surface area contributed by atoms with E-state index in [1.807, 2.05) is 12.1 Å². The van der Waals surface area contributed by atoms with Crippen LogP contribution in [-0.4, -0.2) is 31.3 Å². The van der Waals surface area contributed by atoms with Crippen LogP contribution in [0.3, 0.4) is 0 Å². The third-order valence-corrected chi connectivity index (χ3v) is 3.53. The van der Waals surface area contributed by atoms with Crippen LogP contribution in [0.4, 0.5) is 4.79 Å². The highest BCUT2D eigenvalue weighted by atomic mass is 16.7. The standard InChI is InChI=1S/C18H17NO5/c20-17-16(22-12-11-19-17)15(13-7-3-1-4-8-13)24-18(21)23-14-9-5-2-6-10-14/h1-10,15-16H,11-12H2,(H,19,20). The average Bonchev–Trinajstić information content (AvgIpc) is 2.62. The smallest absolute Gasteiger partial charge is 0.422 e. The lowest BCUT2D eigenvalue weighted by Gasteiger charge is -2.29. The summed E-state index contributed by atoms with van der Waals surface area (Å²) >= 11 is 0. The molecule has 1 fully saturated rings. The number of rotatable bonds is 4. The number of ether oxygens (including phenoxy) is 3. The van der Waals surface area contributed by atoms with Gasteiger partial charge in [0, 0.05) is 6.54 Å². The molecule has 0 radical (unpaired) electrons. The second kappa shape index (κ2) is 7.61. The van der Waals surface area contributed by atoms with Gasteiger partial charge in [-0.2, -0.15) is 0 Å². The number of carbonyl (C=O) groups excluding carboxylic acids is 2. The molecule has 1 amide bonds. The van der Waals surface area contributed by atoms with Gasteiger partial charge in [0.2, 0.25) is 0 Å². The minimum Gasteiger partial charge on any atom is -0.422 e. The summed E-state index contributed by atoms with van der Waals surface area (Å²) in [6.45, 7) is 0.794. The van der Waals surface area contributed by atoms with Crippen molar-refractivity contribution in [1.29, 1.82) is 0 Å². The summed E-state index contributed by atoms with van der Waals surface area (Å²) in [5, 5.41) is 2.71. The Hall–Kier alpha value is -2.86. The lowest BCUT2D eigenvalue weighted by Crippen LogP contribution is -2.48. The van der Waals surface area contributed by atoms with Gasteiger partial charge in [0.15, 0.2) is 12.2 Å². The monoisotopic (exact) mass is 327 g/mol. The lowest BCUT2D eigenvalue weighted by atomic mass is 10.0. The molecule has 24 heavy (non-hydrogen) atoms. The largest absolute Gasteiger partial charge is 0.514 e. The Morgan fingerprint density at radius 3 is 2.42 bits per heavy atom. The maximum absolute atomic E-state index is 12.1. The first-order valence-corrected chi connectivity index (χ1v) is 7.62. The molecule has 0 aliphatic carbocycles. The molecule has 0 saturated carbocycles. The summed E-state index contributed by atoms with van der Waals surface area (Å²) in [5.74, 6) is 0.0472. The molecule has 124 valence electrons. The van der Waals surface area contributed by atoms with Gasteiger partial charge < -0.3 is 19.5 Å². The minimum absolute atomic E-state index is 0.317. The van der Waals surface area contributed by atoms with Crippen LogP contribution < -0.4 is 10.1 Å². The van der Waals surface area contributed by atoms with E-state index in [0.717, 1.165) is 0 Å². The van der Waals surface area contributed by atoms with Gasteiger partial charge in [0.05, 0.1) is 6.61 Å². The van der Waals surface area contributed by atoms with Crippen molar-refractivity contribution >= 4 is 12.1 Å². The van der Waals surface area contributed by atoms with E-state index < -0.39 is 18.4 Å². The number of amides is 1. The number of para-hydroxylation sites is 1. The maximum atomic E-state index is 12.1. The fourth-order valence-electron chi connectivity index (χ4n) is 2.42. The fraction of sp³-hybridized carbons (Fsp3) is 0.222. The van der Waals surface area contributed by atoms with Gasteiger partial charge >= 0.3 is 6.16 Å². The molecule has 3 rings (SSSR count). The zero-order valence-corrected chi connectivity index (χ0v) is 12.9. The van der Waals surface area contributed by atoms with E-state index in [2.05, 4.69) is 5.32 Å². The van der Waals surface area contributed by atoms with Gasteiger partial charge in [-0.15, -0.1) is 0 Å². The van der Waals surface area contributed by atoms with E-state index in [1.165, 1.54) is 0 Å². The molecule has 2 aromatic carbocycles. The summed E-state index contributed by atoms with van der Waals surface area (Å²) < 4.78 is 16.1. The second-order valence-corrected chi connectivity index (χ2v) is 5.20.